The molecule has 7 heteroatoms. The number of hydrogen-bond donors (Lipinski definition) is 1. The lowest BCUT2D eigenvalue weighted by atomic mass is 10.3. The minimum absolute atomic E-state index is 0.235. The average Bonchev–Trinajstić information content (AvgIpc) is 2.36. The first-order valence-electron chi connectivity index (χ1n) is 5.08. The van der Waals surface area contributed by atoms with Crippen molar-refractivity contribution in [3.8, 4) is 5.75 Å². The van der Waals surface area contributed by atoms with Crippen molar-refractivity contribution in [3.63, 3.8) is 0 Å². The lowest BCUT2D eigenvalue weighted by Crippen LogP contribution is -2.13. The monoisotopic (exact) mass is 290 g/mol. The molecule has 98 valence electrons. The van der Waals surface area contributed by atoms with Crippen LogP contribution in [0.3, 0.4) is 0 Å². The molecule has 1 aromatic rings. The normalized spacial score (nSPS) is 11.0. The van der Waals surface area contributed by atoms with Crippen molar-refractivity contribution in [2.75, 3.05) is 19.1 Å². The van der Waals surface area contributed by atoms with Crippen LogP contribution in [0.15, 0.2) is 23.3 Å². The number of anilines is 1. The molecule has 0 aliphatic heterocycles. The highest BCUT2D eigenvalue weighted by atomic mass is 35.5. The summed E-state index contributed by atoms with van der Waals surface area (Å²) in [6.07, 6.45) is 0. The molecule has 0 radical (unpaired) electrons. The molecule has 18 heavy (non-hydrogen) atoms. The van der Waals surface area contributed by atoms with Gasteiger partial charge in [0, 0.05) is 0 Å². The second-order valence-corrected chi connectivity index (χ2v) is 3.85. The first-order valence-corrected chi connectivity index (χ1v) is 5.84. The molecular formula is C11H12Cl2N2O3. The molecule has 5 nitrogen and oxygen atoms in total. The standard InChI is InChI=1S/C11H12Cl2N2O3/c1-3-18-11(16)10(13)15-14-7-4-5-9(17-2)8(12)6-7/h4-6,14H,3H2,1-2H3/b15-10+. The van der Waals surface area contributed by atoms with Crippen LogP contribution in [0.1, 0.15) is 6.92 Å². The molecule has 1 rings (SSSR count). The van der Waals surface area contributed by atoms with E-state index in [1.807, 2.05) is 0 Å². The van der Waals surface area contributed by atoms with Crippen LogP contribution in [-0.4, -0.2) is 24.9 Å². The Morgan fingerprint density at radius 1 is 1.50 bits per heavy atom. The molecule has 1 N–H and O–H groups in total. The van der Waals surface area contributed by atoms with Gasteiger partial charge in [-0.1, -0.05) is 23.2 Å². The lowest BCUT2D eigenvalue weighted by Gasteiger charge is -2.05. The maximum absolute atomic E-state index is 11.2. The Kier molecular flexibility index (Phi) is 5.74. The zero-order valence-corrected chi connectivity index (χ0v) is 11.4. The van der Waals surface area contributed by atoms with Gasteiger partial charge in [-0.05, 0) is 25.1 Å². The van der Waals surface area contributed by atoms with Crippen LogP contribution in [0.2, 0.25) is 5.02 Å². The topological polar surface area (TPSA) is 59.9 Å². The van der Waals surface area contributed by atoms with Gasteiger partial charge >= 0.3 is 5.97 Å². The highest BCUT2D eigenvalue weighted by Gasteiger charge is 2.09. The summed E-state index contributed by atoms with van der Waals surface area (Å²) >= 11 is 11.5. The predicted octanol–water partition coefficient (Wildman–Crippen LogP) is 2.88. The van der Waals surface area contributed by atoms with E-state index in [4.69, 9.17) is 27.9 Å². The number of esters is 1. The van der Waals surface area contributed by atoms with Crippen LogP contribution in [0.4, 0.5) is 5.69 Å². The molecule has 0 heterocycles. The number of ether oxygens (including phenoxy) is 2. The maximum atomic E-state index is 11.2. The zero-order valence-electron chi connectivity index (χ0n) is 9.87. The Labute approximate surface area is 115 Å². The fourth-order valence-corrected chi connectivity index (χ4v) is 1.44. The third-order valence-electron chi connectivity index (χ3n) is 1.88. The molecule has 0 spiro atoms. The Balaban J connectivity index is 2.71. The SMILES string of the molecule is CCOC(=O)/C(Cl)=N\Nc1ccc(OC)c(Cl)c1. The number of rotatable bonds is 5. The van der Waals surface area contributed by atoms with Gasteiger partial charge < -0.3 is 9.47 Å². The van der Waals surface area contributed by atoms with E-state index < -0.39 is 5.97 Å². The molecule has 0 saturated heterocycles. The Bertz CT molecular complexity index is 464. The fourth-order valence-electron chi connectivity index (χ4n) is 1.09. The van der Waals surface area contributed by atoms with Crippen LogP contribution in [0, 0.1) is 0 Å². The second kappa shape index (κ2) is 7.08. The first kappa shape index (κ1) is 14.6. The number of nitrogens with zero attached hydrogens (tertiary/aromatic N) is 1. The van der Waals surface area contributed by atoms with Crippen LogP contribution in [-0.2, 0) is 9.53 Å². The molecule has 0 saturated carbocycles. The van der Waals surface area contributed by atoms with E-state index in [1.165, 1.54) is 7.11 Å². The molecule has 0 aromatic heterocycles. The van der Waals surface area contributed by atoms with Gasteiger partial charge in [-0.15, -0.1) is 0 Å². The van der Waals surface area contributed by atoms with Gasteiger partial charge in [-0.25, -0.2) is 4.79 Å². The number of nitrogens with one attached hydrogen (secondary N) is 1. The number of hydrazone groups is 1. The minimum Gasteiger partial charge on any atom is -0.495 e. The van der Waals surface area contributed by atoms with E-state index in [2.05, 4.69) is 15.3 Å². The molecule has 0 amide bonds. The van der Waals surface area contributed by atoms with Gasteiger partial charge in [0.05, 0.1) is 24.4 Å². The van der Waals surface area contributed by atoms with Crippen LogP contribution >= 0.6 is 23.2 Å². The van der Waals surface area contributed by atoms with Crippen molar-refractivity contribution in [2.24, 2.45) is 5.10 Å². The summed E-state index contributed by atoms with van der Waals surface area (Å²) in [4.78, 5) is 11.2. The second-order valence-electron chi connectivity index (χ2n) is 3.08. The molecule has 0 atom stereocenters. The molecule has 0 bridgehead atoms. The summed E-state index contributed by atoms with van der Waals surface area (Å²) in [7, 11) is 1.52. The van der Waals surface area contributed by atoms with Crippen LogP contribution in [0.25, 0.3) is 0 Å². The Morgan fingerprint density at radius 3 is 2.78 bits per heavy atom. The van der Waals surface area contributed by atoms with E-state index in [0.29, 0.717) is 16.5 Å². The van der Waals surface area contributed by atoms with Crippen LogP contribution < -0.4 is 10.2 Å². The molecular weight excluding hydrogens is 279 g/mol. The van der Waals surface area contributed by atoms with E-state index in [1.54, 1.807) is 25.1 Å². The third-order valence-corrected chi connectivity index (χ3v) is 2.41. The maximum Gasteiger partial charge on any atom is 0.370 e. The largest absolute Gasteiger partial charge is 0.495 e. The van der Waals surface area contributed by atoms with Gasteiger partial charge in [0.25, 0.3) is 0 Å². The summed E-state index contributed by atoms with van der Waals surface area (Å²) < 4.78 is 9.66. The molecule has 0 aliphatic carbocycles. The summed E-state index contributed by atoms with van der Waals surface area (Å²) in [5, 5.41) is 3.80. The van der Waals surface area contributed by atoms with Gasteiger partial charge in [0.15, 0.2) is 0 Å². The van der Waals surface area contributed by atoms with Crippen molar-refractivity contribution in [2.45, 2.75) is 6.92 Å². The van der Waals surface area contributed by atoms with E-state index >= 15 is 0 Å². The Morgan fingerprint density at radius 2 is 2.22 bits per heavy atom. The minimum atomic E-state index is -0.689. The van der Waals surface area contributed by atoms with Crippen molar-refractivity contribution in [3.05, 3.63) is 23.2 Å². The Hall–Kier alpha value is -1.46. The van der Waals surface area contributed by atoms with Crippen molar-refractivity contribution < 1.29 is 14.3 Å². The summed E-state index contributed by atoms with van der Waals surface area (Å²) in [5.41, 5.74) is 3.16. The van der Waals surface area contributed by atoms with Crippen molar-refractivity contribution in [1.82, 2.24) is 0 Å². The summed E-state index contributed by atoms with van der Waals surface area (Å²) in [5.74, 6) is -0.144. The number of carbonyl (C=O) groups is 1. The number of benzene rings is 1. The van der Waals surface area contributed by atoms with Crippen LogP contribution in [0.5, 0.6) is 5.75 Å². The van der Waals surface area contributed by atoms with E-state index in [0.717, 1.165) is 0 Å². The van der Waals surface area contributed by atoms with Crippen molar-refractivity contribution >= 4 is 40.0 Å². The quantitative estimate of drug-likeness (QED) is 0.515. The third kappa shape index (κ3) is 4.09. The van der Waals surface area contributed by atoms with Crippen molar-refractivity contribution in [1.29, 1.82) is 0 Å². The van der Waals surface area contributed by atoms with E-state index in [9.17, 15) is 4.79 Å². The summed E-state index contributed by atoms with van der Waals surface area (Å²) in [6, 6.07) is 4.95. The number of methoxy groups -OCH3 is 1. The van der Waals surface area contributed by atoms with E-state index in [-0.39, 0.29) is 11.8 Å². The highest BCUT2D eigenvalue weighted by molar-refractivity contribution is 6.82. The smallest absolute Gasteiger partial charge is 0.370 e. The number of carbonyl (C=O) groups excluding carboxylic acids is 1. The number of hydrogen-bond acceptors (Lipinski definition) is 5. The zero-order chi connectivity index (χ0) is 13.5. The number of halogens is 2. The van der Waals surface area contributed by atoms with Gasteiger partial charge in [-0.3, -0.25) is 5.43 Å². The molecule has 0 fully saturated rings. The lowest BCUT2D eigenvalue weighted by molar-refractivity contribution is -0.134. The molecule has 0 aliphatic rings. The summed E-state index contributed by atoms with van der Waals surface area (Å²) in [6.45, 7) is 1.91. The molecule has 1 aromatic carbocycles. The molecule has 0 unspecified atom stereocenters. The fraction of sp³-hybridized carbons (Fsp3) is 0.273. The van der Waals surface area contributed by atoms with Gasteiger partial charge in [-0.2, -0.15) is 5.10 Å². The van der Waals surface area contributed by atoms with Gasteiger partial charge in [0.2, 0.25) is 5.17 Å². The van der Waals surface area contributed by atoms with Gasteiger partial charge in [0.1, 0.15) is 5.75 Å². The first-order chi connectivity index (χ1) is 8.58. The predicted molar refractivity (Wildman–Crippen MR) is 71.5 cm³/mol. The highest BCUT2D eigenvalue weighted by Crippen LogP contribution is 2.27. The average molecular weight is 291 g/mol.